The van der Waals surface area contributed by atoms with E-state index in [-0.39, 0.29) is 31.0 Å². The molecule has 0 aliphatic carbocycles. The van der Waals surface area contributed by atoms with Crippen LogP contribution in [0.4, 0.5) is 0 Å². The summed E-state index contributed by atoms with van der Waals surface area (Å²) in [7, 11) is 1.77. The van der Waals surface area contributed by atoms with Gasteiger partial charge in [0.25, 0.3) is 0 Å². The van der Waals surface area contributed by atoms with Gasteiger partial charge in [-0.05, 0) is 45.4 Å². The second-order valence-electron chi connectivity index (χ2n) is 7.60. The van der Waals surface area contributed by atoms with Crippen molar-refractivity contribution in [2.45, 2.75) is 70.2 Å². The SMILES string of the molecule is CC(C)OCCOCC(O)CN(C)C(=O)CC1CC2CCC(C1)N2.Cl. The maximum Gasteiger partial charge on any atom is 0.222 e. The lowest BCUT2D eigenvalue weighted by atomic mass is 9.89. The molecule has 25 heavy (non-hydrogen) atoms. The molecule has 2 fully saturated rings. The Bertz CT molecular complexity index is 385. The van der Waals surface area contributed by atoms with E-state index in [9.17, 15) is 9.90 Å². The first-order valence-electron chi connectivity index (χ1n) is 9.31. The molecule has 7 heteroatoms. The highest BCUT2D eigenvalue weighted by Gasteiger charge is 2.34. The molecule has 2 rings (SSSR count). The van der Waals surface area contributed by atoms with Gasteiger partial charge in [-0.25, -0.2) is 0 Å². The quantitative estimate of drug-likeness (QED) is 0.565. The molecule has 0 radical (unpaired) electrons. The lowest BCUT2D eigenvalue weighted by Crippen LogP contribution is -2.41. The normalized spacial score (nSPS) is 26.4. The van der Waals surface area contributed by atoms with Gasteiger partial charge in [0, 0.05) is 32.1 Å². The summed E-state index contributed by atoms with van der Waals surface area (Å²) in [6.07, 6.45) is 4.86. The van der Waals surface area contributed by atoms with Gasteiger partial charge in [0.05, 0.1) is 32.0 Å². The van der Waals surface area contributed by atoms with Gasteiger partial charge in [0.1, 0.15) is 0 Å². The molecule has 0 aromatic heterocycles. The molecular formula is C18H35ClN2O4. The van der Waals surface area contributed by atoms with Gasteiger partial charge >= 0.3 is 0 Å². The molecule has 0 saturated carbocycles. The zero-order valence-corrected chi connectivity index (χ0v) is 16.6. The minimum Gasteiger partial charge on any atom is -0.389 e. The fourth-order valence-electron chi connectivity index (χ4n) is 3.78. The molecular weight excluding hydrogens is 344 g/mol. The molecule has 0 aromatic carbocycles. The van der Waals surface area contributed by atoms with Crippen LogP contribution in [0, 0.1) is 5.92 Å². The van der Waals surface area contributed by atoms with Gasteiger partial charge < -0.3 is 24.8 Å². The number of amides is 1. The first-order valence-corrected chi connectivity index (χ1v) is 9.31. The third-order valence-corrected chi connectivity index (χ3v) is 4.93. The minimum absolute atomic E-state index is 0. The fraction of sp³-hybridized carbons (Fsp3) is 0.944. The summed E-state index contributed by atoms with van der Waals surface area (Å²) in [4.78, 5) is 14.0. The van der Waals surface area contributed by atoms with Crippen molar-refractivity contribution in [2.24, 2.45) is 5.92 Å². The van der Waals surface area contributed by atoms with E-state index in [1.54, 1.807) is 11.9 Å². The van der Waals surface area contributed by atoms with Crippen LogP contribution in [-0.4, -0.2) is 73.6 Å². The molecule has 0 aromatic rings. The smallest absolute Gasteiger partial charge is 0.222 e. The molecule has 2 heterocycles. The highest BCUT2D eigenvalue weighted by molar-refractivity contribution is 5.85. The average molecular weight is 379 g/mol. The van der Waals surface area contributed by atoms with Crippen molar-refractivity contribution in [2.75, 3.05) is 33.4 Å². The number of aliphatic hydroxyl groups is 1. The standard InChI is InChI=1S/C18H34N2O4.ClH/c1-13(2)24-7-6-23-12-17(21)11-20(3)18(22)10-14-8-15-4-5-16(9-14)19-15;/h13-17,19,21H,4-12H2,1-3H3;1H. The van der Waals surface area contributed by atoms with Crippen LogP contribution >= 0.6 is 12.4 Å². The van der Waals surface area contributed by atoms with Crippen molar-refractivity contribution in [1.29, 1.82) is 0 Å². The van der Waals surface area contributed by atoms with E-state index >= 15 is 0 Å². The number of likely N-dealkylation sites (N-methyl/N-ethyl adjacent to an activating group) is 1. The zero-order chi connectivity index (χ0) is 17.5. The summed E-state index contributed by atoms with van der Waals surface area (Å²) in [5, 5.41) is 13.6. The van der Waals surface area contributed by atoms with Crippen LogP contribution in [0.1, 0.15) is 46.0 Å². The Hall–Kier alpha value is -0.400. The maximum atomic E-state index is 12.4. The molecule has 0 spiro atoms. The van der Waals surface area contributed by atoms with Crippen LogP contribution in [-0.2, 0) is 14.3 Å². The number of halogens is 1. The van der Waals surface area contributed by atoms with Gasteiger partial charge in [-0.2, -0.15) is 0 Å². The van der Waals surface area contributed by atoms with Crippen molar-refractivity contribution < 1.29 is 19.4 Å². The Morgan fingerprint density at radius 1 is 1.24 bits per heavy atom. The Morgan fingerprint density at radius 3 is 2.48 bits per heavy atom. The van der Waals surface area contributed by atoms with E-state index < -0.39 is 6.10 Å². The predicted molar refractivity (Wildman–Crippen MR) is 100 cm³/mol. The third-order valence-electron chi connectivity index (χ3n) is 4.93. The van der Waals surface area contributed by atoms with E-state index in [2.05, 4.69) is 5.32 Å². The molecule has 2 N–H and O–H groups in total. The Labute approximate surface area is 158 Å². The number of carbonyl (C=O) groups is 1. The summed E-state index contributed by atoms with van der Waals surface area (Å²) in [5.41, 5.74) is 0. The van der Waals surface area contributed by atoms with Gasteiger partial charge in [0.15, 0.2) is 0 Å². The number of hydrogen-bond donors (Lipinski definition) is 2. The van der Waals surface area contributed by atoms with Crippen molar-refractivity contribution in [3.05, 3.63) is 0 Å². The monoisotopic (exact) mass is 378 g/mol. The van der Waals surface area contributed by atoms with Crippen LogP contribution in [0.15, 0.2) is 0 Å². The predicted octanol–water partition coefficient (Wildman–Crippen LogP) is 1.59. The lowest BCUT2D eigenvalue weighted by molar-refractivity contribution is -0.133. The fourth-order valence-corrected chi connectivity index (χ4v) is 3.78. The van der Waals surface area contributed by atoms with Gasteiger partial charge in [-0.3, -0.25) is 4.79 Å². The van der Waals surface area contributed by atoms with E-state index in [1.807, 2.05) is 13.8 Å². The van der Waals surface area contributed by atoms with E-state index in [0.29, 0.717) is 44.2 Å². The first-order chi connectivity index (χ1) is 11.4. The van der Waals surface area contributed by atoms with Crippen LogP contribution < -0.4 is 5.32 Å². The number of hydrogen-bond acceptors (Lipinski definition) is 5. The Morgan fingerprint density at radius 2 is 1.88 bits per heavy atom. The lowest BCUT2D eigenvalue weighted by Gasteiger charge is -2.30. The van der Waals surface area contributed by atoms with Crippen molar-refractivity contribution in [1.82, 2.24) is 10.2 Å². The summed E-state index contributed by atoms with van der Waals surface area (Å²) in [5.74, 6) is 0.615. The summed E-state index contributed by atoms with van der Waals surface area (Å²) >= 11 is 0. The molecule has 3 unspecified atom stereocenters. The number of ether oxygens (including phenoxy) is 2. The largest absolute Gasteiger partial charge is 0.389 e. The highest BCUT2D eigenvalue weighted by Crippen LogP contribution is 2.32. The molecule has 1 amide bonds. The molecule has 2 saturated heterocycles. The van der Waals surface area contributed by atoms with Crippen LogP contribution in [0.5, 0.6) is 0 Å². The average Bonchev–Trinajstić information content (AvgIpc) is 2.85. The van der Waals surface area contributed by atoms with E-state index in [1.165, 1.54) is 12.8 Å². The van der Waals surface area contributed by atoms with Gasteiger partial charge in [0.2, 0.25) is 5.91 Å². The van der Waals surface area contributed by atoms with Crippen molar-refractivity contribution in [3.63, 3.8) is 0 Å². The topological polar surface area (TPSA) is 71.0 Å². The number of carbonyl (C=O) groups excluding carboxylic acids is 1. The van der Waals surface area contributed by atoms with Crippen molar-refractivity contribution >= 4 is 18.3 Å². The summed E-state index contributed by atoms with van der Waals surface area (Å²) < 4.78 is 10.8. The number of nitrogens with zero attached hydrogens (tertiary/aromatic N) is 1. The molecule has 3 atom stereocenters. The maximum absolute atomic E-state index is 12.4. The number of aliphatic hydroxyl groups excluding tert-OH is 1. The van der Waals surface area contributed by atoms with Gasteiger partial charge in [-0.15, -0.1) is 12.4 Å². The minimum atomic E-state index is -0.651. The van der Waals surface area contributed by atoms with Crippen molar-refractivity contribution in [3.8, 4) is 0 Å². The first kappa shape index (κ1) is 22.6. The van der Waals surface area contributed by atoms with E-state index in [0.717, 1.165) is 12.8 Å². The Kier molecular flexibility index (Phi) is 10.3. The highest BCUT2D eigenvalue weighted by atomic mass is 35.5. The Balaban J connectivity index is 0.00000312. The molecule has 2 bridgehead atoms. The third kappa shape index (κ3) is 8.22. The van der Waals surface area contributed by atoms with Crippen LogP contribution in [0.3, 0.4) is 0 Å². The van der Waals surface area contributed by atoms with Gasteiger partial charge in [-0.1, -0.05) is 0 Å². The molecule has 2 aliphatic heterocycles. The number of nitrogens with one attached hydrogen (secondary N) is 1. The number of fused-ring (bicyclic) bond motifs is 2. The second kappa shape index (κ2) is 11.3. The summed E-state index contributed by atoms with van der Waals surface area (Å²) in [6.45, 7) is 5.49. The van der Waals surface area contributed by atoms with Crippen LogP contribution in [0.2, 0.25) is 0 Å². The zero-order valence-electron chi connectivity index (χ0n) is 15.8. The molecule has 2 aliphatic rings. The van der Waals surface area contributed by atoms with Crippen LogP contribution in [0.25, 0.3) is 0 Å². The summed E-state index contributed by atoms with van der Waals surface area (Å²) in [6, 6.07) is 1.22. The van der Waals surface area contributed by atoms with E-state index in [4.69, 9.17) is 9.47 Å². The molecule has 148 valence electrons. The molecule has 6 nitrogen and oxygen atoms in total. The number of rotatable bonds is 10. The second-order valence-corrected chi connectivity index (χ2v) is 7.60. The number of piperidine rings is 1.